The minimum Gasteiger partial charge on any atom is -0.260 e. The summed E-state index contributed by atoms with van der Waals surface area (Å²) in [5.41, 5.74) is 1.59. The molecule has 0 radical (unpaired) electrons. The zero-order valence-corrected chi connectivity index (χ0v) is 12.0. The quantitative estimate of drug-likeness (QED) is 0.753. The summed E-state index contributed by atoms with van der Waals surface area (Å²) in [4.78, 5) is 4.45. The first-order valence-electron chi connectivity index (χ1n) is 5.30. The molecule has 0 saturated heterocycles. The Labute approximate surface area is 108 Å². The van der Waals surface area contributed by atoms with Gasteiger partial charge in [0.05, 0.1) is 0 Å². The molecule has 1 aliphatic carbocycles. The zero-order chi connectivity index (χ0) is 10.9. The molecule has 1 saturated carbocycles. The Morgan fingerprint density at radius 2 is 2.20 bits per heavy atom. The normalized spacial score (nSPS) is 19.9. The second-order valence-corrected chi connectivity index (χ2v) is 6.18. The minimum absolute atomic E-state index is 0.390. The third kappa shape index (κ3) is 2.82. The van der Waals surface area contributed by atoms with Crippen molar-refractivity contribution in [3.05, 3.63) is 28.5 Å². The van der Waals surface area contributed by atoms with Crippen molar-refractivity contribution in [3.63, 3.8) is 0 Å². The van der Waals surface area contributed by atoms with E-state index >= 15 is 0 Å². The topological polar surface area (TPSA) is 12.9 Å². The second kappa shape index (κ2) is 4.54. The summed E-state index contributed by atoms with van der Waals surface area (Å²) in [5.74, 6) is 0.891. The van der Waals surface area contributed by atoms with Crippen molar-refractivity contribution < 1.29 is 0 Å². The van der Waals surface area contributed by atoms with Crippen LogP contribution in [0, 0.1) is 11.3 Å². The highest BCUT2D eigenvalue weighted by molar-refractivity contribution is 9.10. The minimum atomic E-state index is 0.390. The van der Waals surface area contributed by atoms with Crippen LogP contribution in [0.15, 0.2) is 22.8 Å². The lowest BCUT2D eigenvalue weighted by molar-refractivity contribution is 0.315. The molecular formula is C12H15Br2N. The van der Waals surface area contributed by atoms with Gasteiger partial charge in [-0.05, 0) is 58.7 Å². The number of rotatable bonds is 4. The molecule has 1 aromatic heterocycles. The lowest BCUT2D eigenvalue weighted by Gasteiger charge is -2.26. The van der Waals surface area contributed by atoms with Crippen molar-refractivity contribution >= 4 is 31.9 Å². The fourth-order valence-electron chi connectivity index (χ4n) is 2.01. The van der Waals surface area contributed by atoms with Gasteiger partial charge in [0.2, 0.25) is 0 Å². The Bertz CT molecular complexity index is 332. The molecule has 3 heteroatoms. The average molecular weight is 333 g/mol. The molecule has 1 atom stereocenters. The van der Waals surface area contributed by atoms with Crippen molar-refractivity contribution in [2.24, 2.45) is 11.3 Å². The second-order valence-electron chi connectivity index (χ2n) is 4.71. The Kier molecular flexibility index (Phi) is 3.51. The van der Waals surface area contributed by atoms with E-state index in [2.05, 4.69) is 55.9 Å². The summed E-state index contributed by atoms with van der Waals surface area (Å²) >= 11 is 7.06. The Morgan fingerprint density at radius 3 is 2.67 bits per heavy atom. The third-order valence-electron chi connectivity index (χ3n) is 3.24. The molecule has 0 bridgehead atoms. The maximum absolute atomic E-state index is 4.45. The molecule has 1 fully saturated rings. The van der Waals surface area contributed by atoms with Crippen LogP contribution in [0.25, 0.3) is 0 Å². The molecule has 1 aliphatic rings. The molecule has 2 rings (SSSR count). The number of halogens is 2. The van der Waals surface area contributed by atoms with Crippen LogP contribution in [-0.4, -0.2) is 10.3 Å². The highest BCUT2D eigenvalue weighted by atomic mass is 79.9. The molecule has 1 nitrogen and oxygen atoms in total. The van der Waals surface area contributed by atoms with Crippen molar-refractivity contribution in [2.45, 2.75) is 26.2 Å². The van der Waals surface area contributed by atoms with Crippen LogP contribution in [0.3, 0.4) is 0 Å². The highest BCUT2D eigenvalue weighted by Gasteiger charge is 2.40. The lowest BCUT2D eigenvalue weighted by atomic mass is 9.82. The molecule has 0 aliphatic heterocycles. The molecule has 0 N–H and O–H groups in total. The van der Waals surface area contributed by atoms with Gasteiger partial charge in [0, 0.05) is 21.7 Å². The van der Waals surface area contributed by atoms with Crippen molar-refractivity contribution in [2.75, 3.05) is 5.33 Å². The van der Waals surface area contributed by atoms with Crippen LogP contribution >= 0.6 is 31.9 Å². The number of hydrogen-bond acceptors (Lipinski definition) is 1. The van der Waals surface area contributed by atoms with E-state index in [1.54, 1.807) is 0 Å². The number of hydrogen-bond donors (Lipinski definition) is 0. The highest BCUT2D eigenvalue weighted by Crippen LogP contribution is 2.48. The molecule has 1 aromatic rings. The predicted molar refractivity (Wildman–Crippen MR) is 70.3 cm³/mol. The van der Waals surface area contributed by atoms with E-state index in [9.17, 15) is 0 Å². The van der Waals surface area contributed by atoms with Gasteiger partial charge >= 0.3 is 0 Å². The van der Waals surface area contributed by atoms with Gasteiger partial charge in [-0.1, -0.05) is 22.9 Å². The van der Waals surface area contributed by atoms with Crippen molar-refractivity contribution in [3.8, 4) is 0 Å². The summed E-state index contributed by atoms with van der Waals surface area (Å²) in [6, 6.07) is 4.19. The number of aromatic nitrogens is 1. The van der Waals surface area contributed by atoms with Crippen LogP contribution in [0.4, 0.5) is 0 Å². The van der Waals surface area contributed by atoms with Crippen LogP contribution in [0.5, 0.6) is 0 Å². The van der Waals surface area contributed by atoms with Gasteiger partial charge in [-0.2, -0.15) is 0 Å². The molecule has 1 heterocycles. The van der Waals surface area contributed by atoms with Gasteiger partial charge in [0.25, 0.3) is 0 Å². The third-order valence-corrected chi connectivity index (χ3v) is 4.99. The Balaban J connectivity index is 2.09. The van der Waals surface area contributed by atoms with Gasteiger partial charge < -0.3 is 0 Å². The van der Waals surface area contributed by atoms with E-state index in [1.165, 1.54) is 18.5 Å². The van der Waals surface area contributed by atoms with E-state index in [1.807, 2.05) is 6.20 Å². The Morgan fingerprint density at radius 1 is 1.47 bits per heavy atom. The van der Waals surface area contributed by atoms with E-state index in [0.29, 0.717) is 5.41 Å². The summed E-state index contributed by atoms with van der Waals surface area (Å²) in [5, 5.41) is 1.07. The number of alkyl halides is 1. The fraction of sp³-hybridized carbons (Fsp3) is 0.583. The smallest absolute Gasteiger partial charge is 0.0413 e. The SMILES string of the molecule is CC(CBr)(Cc1ccc(Br)cn1)C1CC1. The molecule has 0 amide bonds. The first-order chi connectivity index (χ1) is 7.14. The molecule has 1 unspecified atom stereocenters. The van der Waals surface area contributed by atoms with E-state index in [4.69, 9.17) is 0 Å². The summed E-state index contributed by atoms with van der Waals surface area (Å²) in [6.07, 6.45) is 5.74. The molecule has 0 aromatic carbocycles. The van der Waals surface area contributed by atoms with Crippen LogP contribution in [-0.2, 0) is 6.42 Å². The molecular weight excluding hydrogens is 318 g/mol. The summed E-state index contributed by atoms with van der Waals surface area (Å²) < 4.78 is 1.05. The number of nitrogens with zero attached hydrogens (tertiary/aromatic N) is 1. The first-order valence-corrected chi connectivity index (χ1v) is 7.22. The fourth-order valence-corrected chi connectivity index (χ4v) is 2.90. The van der Waals surface area contributed by atoms with Crippen LogP contribution < -0.4 is 0 Å². The van der Waals surface area contributed by atoms with Crippen molar-refractivity contribution in [1.29, 1.82) is 0 Å². The Hall–Kier alpha value is 0.110. The van der Waals surface area contributed by atoms with Gasteiger partial charge in [-0.15, -0.1) is 0 Å². The van der Waals surface area contributed by atoms with Gasteiger partial charge in [0.15, 0.2) is 0 Å². The zero-order valence-electron chi connectivity index (χ0n) is 8.84. The van der Waals surface area contributed by atoms with Crippen LogP contribution in [0.1, 0.15) is 25.5 Å². The summed E-state index contributed by atoms with van der Waals surface area (Å²) in [6.45, 7) is 2.36. The standard InChI is InChI=1S/C12H15Br2N/c1-12(8-13,9-2-3-9)6-11-5-4-10(14)7-15-11/h4-5,7,9H,2-3,6,8H2,1H3. The van der Waals surface area contributed by atoms with E-state index in [-0.39, 0.29) is 0 Å². The van der Waals surface area contributed by atoms with Crippen LogP contribution in [0.2, 0.25) is 0 Å². The first kappa shape index (κ1) is 11.6. The van der Waals surface area contributed by atoms with Gasteiger partial charge in [0.1, 0.15) is 0 Å². The average Bonchev–Trinajstić information content (AvgIpc) is 3.05. The van der Waals surface area contributed by atoms with E-state index in [0.717, 1.165) is 22.1 Å². The predicted octanol–water partition coefficient (Wildman–Crippen LogP) is 4.20. The van der Waals surface area contributed by atoms with Crippen molar-refractivity contribution in [1.82, 2.24) is 4.98 Å². The van der Waals surface area contributed by atoms with E-state index < -0.39 is 0 Å². The summed E-state index contributed by atoms with van der Waals surface area (Å²) in [7, 11) is 0. The molecule has 82 valence electrons. The maximum Gasteiger partial charge on any atom is 0.0413 e. The molecule has 0 spiro atoms. The van der Waals surface area contributed by atoms with Gasteiger partial charge in [-0.25, -0.2) is 0 Å². The number of pyridine rings is 1. The monoisotopic (exact) mass is 331 g/mol. The largest absolute Gasteiger partial charge is 0.260 e. The maximum atomic E-state index is 4.45. The lowest BCUT2D eigenvalue weighted by Crippen LogP contribution is -2.24. The van der Waals surface area contributed by atoms with Gasteiger partial charge in [-0.3, -0.25) is 4.98 Å². The molecule has 15 heavy (non-hydrogen) atoms.